The smallest absolute Gasteiger partial charge is 0.261 e. The summed E-state index contributed by atoms with van der Waals surface area (Å²) in [7, 11) is 1.54. The standard InChI is InChI=1S/C17H18N2O2S/c1-11-7-9-13(10-8-11)18-17(22)19-16(20)14-6-4-5-12(2)15(14)21-3/h4-10H,1-3H3,(H2,18,19,20,22). The third kappa shape index (κ3) is 3.83. The summed E-state index contributed by atoms with van der Waals surface area (Å²) in [5, 5.41) is 5.89. The summed E-state index contributed by atoms with van der Waals surface area (Å²) in [5.74, 6) is 0.253. The van der Waals surface area contributed by atoms with Crippen LogP contribution in [0.4, 0.5) is 5.69 Å². The molecule has 0 radical (unpaired) electrons. The molecule has 114 valence electrons. The Kier molecular flexibility index (Phi) is 5.12. The molecule has 0 aliphatic rings. The van der Waals surface area contributed by atoms with Gasteiger partial charge in [0.05, 0.1) is 12.7 Å². The summed E-state index contributed by atoms with van der Waals surface area (Å²) in [4.78, 5) is 12.3. The third-order valence-electron chi connectivity index (χ3n) is 3.20. The van der Waals surface area contributed by atoms with E-state index in [0.29, 0.717) is 11.3 Å². The van der Waals surface area contributed by atoms with Crippen molar-refractivity contribution in [1.82, 2.24) is 5.32 Å². The highest BCUT2D eigenvalue weighted by molar-refractivity contribution is 7.80. The molecule has 0 aliphatic heterocycles. The van der Waals surface area contributed by atoms with Crippen LogP contribution in [0.5, 0.6) is 5.75 Å². The van der Waals surface area contributed by atoms with Gasteiger partial charge in [0.25, 0.3) is 5.91 Å². The molecule has 4 nitrogen and oxygen atoms in total. The summed E-state index contributed by atoms with van der Waals surface area (Å²) in [5.41, 5.74) is 3.33. The van der Waals surface area contributed by atoms with Gasteiger partial charge in [0.2, 0.25) is 0 Å². The Hall–Kier alpha value is -2.40. The molecule has 22 heavy (non-hydrogen) atoms. The van der Waals surface area contributed by atoms with Gasteiger partial charge in [-0.15, -0.1) is 0 Å². The summed E-state index contributed by atoms with van der Waals surface area (Å²) in [6.45, 7) is 3.90. The van der Waals surface area contributed by atoms with E-state index in [9.17, 15) is 4.79 Å². The van der Waals surface area contributed by atoms with Crippen molar-refractivity contribution >= 4 is 28.9 Å². The lowest BCUT2D eigenvalue weighted by Gasteiger charge is -2.13. The molecule has 0 saturated carbocycles. The van der Waals surface area contributed by atoms with Gasteiger partial charge in [-0.05, 0) is 49.8 Å². The fourth-order valence-electron chi connectivity index (χ4n) is 2.07. The lowest BCUT2D eigenvalue weighted by Crippen LogP contribution is -2.34. The van der Waals surface area contributed by atoms with Gasteiger partial charge in [0.1, 0.15) is 5.75 Å². The largest absolute Gasteiger partial charge is 0.496 e. The van der Waals surface area contributed by atoms with Gasteiger partial charge in [0.15, 0.2) is 5.11 Å². The molecule has 0 spiro atoms. The summed E-state index contributed by atoms with van der Waals surface area (Å²) in [6.07, 6.45) is 0. The number of benzene rings is 2. The predicted octanol–water partition coefficient (Wildman–Crippen LogP) is 3.44. The number of amides is 1. The van der Waals surface area contributed by atoms with Gasteiger partial charge in [0, 0.05) is 5.69 Å². The number of nitrogens with one attached hydrogen (secondary N) is 2. The Morgan fingerprint density at radius 1 is 1.09 bits per heavy atom. The molecule has 0 saturated heterocycles. The van der Waals surface area contributed by atoms with E-state index in [2.05, 4.69) is 10.6 Å². The molecule has 1 amide bonds. The first kappa shape index (κ1) is 16.0. The molecule has 2 rings (SSSR count). The van der Waals surface area contributed by atoms with E-state index in [1.54, 1.807) is 13.2 Å². The number of rotatable bonds is 3. The molecule has 0 aliphatic carbocycles. The monoisotopic (exact) mass is 314 g/mol. The van der Waals surface area contributed by atoms with Gasteiger partial charge in [-0.25, -0.2) is 0 Å². The number of ether oxygens (including phenoxy) is 1. The van der Waals surface area contributed by atoms with Gasteiger partial charge in [-0.2, -0.15) is 0 Å². The lowest BCUT2D eigenvalue weighted by molar-refractivity contribution is 0.0974. The quantitative estimate of drug-likeness (QED) is 0.852. The van der Waals surface area contributed by atoms with Crippen LogP contribution in [-0.4, -0.2) is 18.1 Å². The maximum Gasteiger partial charge on any atom is 0.261 e. The summed E-state index contributed by atoms with van der Waals surface area (Å²) < 4.78 is 5.29. The normalized spacial score (nSPS) is 9.95. The zero-order chi connectivity index (χ0) is 16.1. The second kappa shape index (κ2) is 7.04. The number of methoxy groups -OCH3 is 1. The second-order valence-electron chi connectivity index (χ2n) is 4.93. The molecule has 0 aromatic heterocycles. The molecule has 5 heteroatoms. The van der Waals surface area contributed by atoms with Crippen molar-refractivity contribution in [3.63, 3.8) is 0 Å². The molecule has 2 aromatic carbocycles. The van der Waals surface area contributed by atoms with Crippen molar-refractivity contribution in [3.8, 4) is 5.75 Å². The van der Waals surface area contributed by atoms with Crippen molar-refractivity contribution in [1.29, 1.82) is 0 Å². The molecular weight excluding hydrogens is 296 g/mol. The summed E-state index contributed by atoms with van der Waals surface area (Å²) >= 11 is 5.17. The third-order valence-corrected chi connectivity index (χ3v) is 3.40. The number of carbonyl (C=O) groups excluding carboxylic acids is 1. The molecule has 0 unspecified atom stereocenters. The van der Waals surface area contributed by atoms with E-state index < -0.39 is 0 Å². The van der Waals surface area contributed by atoms with Crippen LogP contribution < -0.4 is 15.4 Å². The molecule has 0 heterocycles. The van der Waals surface area contributed by atoms with E-state index in [1.807, 2.05) is 50.2 Å². The van der Waals surface area contributed by atoms with Gasteiger partial charge < -0.3 is 10.1 Å². The van der Waals surface area contributed by atoms with Gasteiger partial charge >= 0.3 is 0 Å². The van der Waals surface area contributed by atoms with Gasteiger partial charge in [-0.3, -0.25) is 10.1 Å². The molecule has 2 aromatic rings. The Morgan fingerprint density at radius 2 is 1.77 bits per heavy atom. The molecule has 0 bridgehead atoms. The minimum atomic E-state index is -0.301. The first-order valence-electron chi connectivity index (χ1n) is 6.84. The average Bonchev–Trinajstić information content (AvgIpc) is 2.49. The lowest BCUT2D eigenvalue weighted by atomic mass is 10.1. The Bertz CT molecular complexity index is 696. The highest BCUT2D eigenvalue weighted by atomic mass is 32.1. The Balaban J connectivity index is 2.07. The zero-order valence-electron chi connectivity index (χ0n) is 12.8. The predicted molar refractivity (Wildman–Crippen MR) is 92.6 cm³/mol. The van der Waals surface area contributed by atoms with E-state index in [0.717, 1.165) is 16.8 Å². The molecular formula is C17H18N2O2S. The number of carbonyl (C=O) groups is 1. The fourth-order valence-corrected chi connectivity index (χ4v) is 2.28. The highest BCUT2D eigenvalue weighted by Gasteiger charge is 2.14. The topological polar surface area (TPSA) is 50.4 Å². The van der Waals surface area contributed by atoms with Crippen LogP contribution in [0.25, 0.3) is 0 Å². The number of aryl methyl sites for hydroxylation is 2. The van der Waals surface area contributed by atoms with Crippen molar-refractivity contribution in [3.05, 3.63) is 59.2 Å². The summed E-state index contributed by atoms with van der Waals surface area (Å²) in [6, 6.07) is 13.1. The highest BCUT2D eigenvalue weighted by Crippen LogP contribution is 2.22. The van der Waals surface area contributed by atoms with Crippen molar-refractivity contribution in [2.45, 2.75) is 13.8 Å². The average molecular weight is 314 g/mol. The minimum Gasteiger partial charge on any atom is -0.496 e. The number of hydrogen-bond acceptors (Lipinski definition) is 3. The number of anilines is 1. The van der Waals surface area contributed by atoms with Gasteiger partial charge in [-0.1, -0.05) is 29.8 Å². The number of thiocarbonyl (C=S) groups is 1. The zero-order valence-corrected chi connectivity index (χ0v) is 13.6. The van der Waals surface area contributed by atoms with E-state index in [4.69, 9.17) is 17.0 Å². The molecule has 0 atom stereocenters. The number of para-hydroxylation sites is 1. The first-order chi connectivity index (χ1) is 10.5. The van der Waals surface area contributed by atoms with Crippen molar-refractivity contribution < 1.29 is 9.53 Å². The van der Waals surface area contributed by atoms with Crippen LogP contribution in [0, 0.1) is 13.8 Å². The van der Waals surface area contributed by atoms with E-state index >= 15 is 0 Å². The maximum absolute atomic E-state index is 12.3. The molecule has 2 N–H and O–H groups in total. The van der Waals surface area contributed by atoms with Crippen LogP contribution >= 0.6 is 12.2 Å². The number of hydrogen-bond donors (Lipinski definition) is 2. The first-order valence-corrected chi connectivity index (χ1v) is 7.24. The van der Waals surface area contributed by atoms with E-state index in [-0.39, 0.29) is 11.0 Å². The van der Waals surface area contributed by atoms with E-state index in [1.165, 1.54) is 0 Å². The van der Waals surface area contributed by atoms with Crippen LogP contribution in [-0.2, 0) is 0 Å². The minimum absolute atomic E-state index is 0.248. The fraction of sp³-hybridized carbons (Fsp3) is 0.176. The van der Waals surface area contributed by atoms with Crippen LogP contribution in [0.15, 0.2) is 42.5 Å². The Labute approximate surface area is 135 Å². The Morgan fingerprint density at radius 3 is 2.41 bits per heavy atom. The molecule has 0 fully saturated rings. The van der Waals surface area contributed by atoms with Crippen LogP contribution in [0.1, 0.15) is 21.5 Å². The van der Waals surface area contributed by atoms with Crippen molar-refractivity contribution in [2.75, 3.05) is 12.4 Å². The maximum atomic E-state index is 12.3. The second-order valence-corrected chi connectivity index (χ2v) is 5.34. The van der Waals surface area contributed by atoms with Crippen LogP contribution in [0.3, 0.4) is 0 Å². The van der Waals surface area contributed by atoms with Crippen LogP contribution in [0.2, 0.25) is 0 Å². The van der Waals surface area contributed by atoms with Crippen molar-refractivity contribution in [2.24, 2.45) is 0 Å². The SMILES string of the molecule is COc1c(C)cccc1C(=O)NC(=S)Nc1ccc(C)cc1.